The number of fused-ring (bicyclic) bond motifs is 1. The topological polar surface area (TPSA) is 50.9 Å². The number of phenolic OH excluding ortho intramolecular Hbond substituents is 1. The first kappa shape index (κ1) is 38.4. The zero-order valence-corrected chi connectivity index (χ0v) is 38.9. The van der Waals surface area contributed by atoms with Crippen molar-refractivity contribution in [3.05, 3.63) is 192 Å². The second kappa shape index (κ2) is 17.9. The average molecular weight is 854 g/mol. The maximum Gasteiger partial charge on any atom is 0.149 e. The third-order valence-corrected chi connectivity index (χ3v) is 12.5. The monoisotopic (exact) mass is 853 g/mol. The van der Waals surface area contributed by atoms with Gasteiger partial charge in [-0.1, -0.05) is 164 Å². The van der Waals surface area contributed by atoms with E-state index < -0.39 is 23.6 Å². The third kappa shape index (κ3) is 8.42. The van der Waals surface area contributed by atoms with Crippen molar-refractivity contribution in [3.63, 3.8) is 0 Å². The Morgan fingerprint density at radius 2 is 1.11 bits per heavy atom. The van der Waals surface area contributed by atoms with Gasteiger partial charge in [0.1, 0.15) is 11.6 Å². The van der Waals surface area contributed by atoms with Crippen LogP contribution in [0.5, 0.6) is 5.75 Å². The fraction of sp³-hybridized carbons (Fsp3) is 0.213. The highest BCUT2D eigenvalue weighted by Crippen LogP contribution is 2.44. The summed E-state index contributed by atoms with van der Waals surface area (Å²) in [5, 5.41) is 12.3. The van der Waals surface area contributed by atoms with Crippen LogP contribution in [0.15, 0.2) is 164 Å². The molecule has 0 bridgehead atoms. The molecule has 0 atom stereocenters. The van der Waals surface area contributed by atoms with Crippen LogP contribution in [0.3, 0.4) is 0 Å². The van der Waals surface area contributed by atoms with E-state index in [0.717, 1.165) is 78.1 Å². The summed E-state index contributed by atoms with van der Waals surface area (Å²) >= 11 is 0. The Kier molecular flexibility index (Phi) is 10.6. The number of phenols is 1. The number of hydrogen-bond donors (Lipinski definition) is 1. The van der Waals surface area contributed by atoms with Gasteiger partial charge in [-0.25, -0.2) is 4.98 Å². The van der Waals surface area contributed by atoms with Gasteiger partial charge < -0.3 is 5.11 Å². The van der Waals surface area contributed by atoms with Crippen molar-refractivity contribution in [1.29, 1.82) is 0 Å². The van der Waals surface area contributed by atoms with Crippen LogP contribution in [-0.2, 0) is 0 Å². The second-order valence-corrected chi connectivity index (χ2v) is 18.1. The van der Waals surface area contributed by atoms with Crippen molar-refractivity contribution in [1.82, 2.24) is 14.5 Å². The Morgan fingerprint density at radius 1 is 0.492 bits per heavy atom. The third-order valence-electron chi connectivity index (χ3n) is 12.5. The number of pyridine rings is 1. The summed E-state index contributed by atoms with van der Waals surface area (Å²) in [5.74, 6) is -3.67. The van der Waals surface area contributed by atoms with E-state index in [4.69, 9.17) is 15.5 Å². The molecule has 2 aromatic heterocycles. The van der Waals surface area contributed by atoms with Crippen molar-refractivity contribution < 1.29 is 10.6 Å². The second-order valence-electron chi connectivity index (χ2n) is 18.1. The highest BCUT2D eigenvalue weighted by Gasteiger charge is 2.24. The Balaban J connectivity index is 1.31. The summed E-state index contributed by atoms with van der Waals surface area (Å²) in [6, 6.07) is 53.5. The summed E-state index contributed by atoms with van der Waals surface area (Å²) in [6.07, 6.45) is 1.87. The minimum Gasteiger partial charge on any atom is -0.507 e. The summed E-state index contributed by atoms with van der Waals surface area (Å²) in [4.78, 5) is 10.4. The number of aromatic hydroxyl groups is 1. The quantitative estimate of drug-likeness (QED) is 0.141. The zero-order chi connectivity index (χ0) is 49.2. The fourth-order valence-corrected chi connectivity index (χ4v) is 8.97. The number of aryl methyl sites for hydroxylation is 1. The molecule has 4 heteroatoms. The van der Waals surface area contributed by atoms with E-state index in [2.05, 4.69) is 78.2 Å². The molecule has 0 aliphatic rings. The molecule has 1 N–H and O–H groups in total. The molecule has 0 radical (unpaired) electrons. The molecule has 0 aliphatic carbocycles. The lowest BCUT2D eigenvalue weighted by Gasteiger charge is -2.21. The predicted octanol–water partition coefficient (Wildman–Crippen LogP) is 16.9. The van der Waals surface area contributed by atoms with E-state index in [1.807, 2.05) is 133 Å². The molecule has 0 spiro atoms. The van der Waals surface area contributed by atoms with Crippen LogP contribution >= 0.6 is 0 Å². The fourth-order valence-electron chi connectivity index (χ4n) is 8.97. The number of imidazole rings is 1. The normalized spacial score (nSPS) is 13.3. The Labute approximate surface area is 391 Å². The van der Waals surface area contributed by atoms with E-state index in [1.54, 1.807) is 19.9 Å². The standard InChI is InChI=1S/C61H59N3O/c1-37(2)46-34-54(40(7)8)60(65)55(35-46)61-63-59-53(19-14-20-57(59)64(61)50-27-25-44(26-28-50)58-51(38(3)4)17-13-18-52(58)39(5)6)48-31-47(42-15-11-10-12-16-42)32-49(33-48)56-36-45(29-30-62-56)43-23-21-41(9)22-24-43/h10-40,65H,1-9H3/i37D,38D,39D,40D. The summed E-state index contributed by atoms with van der Waals surface area (Å²) in [5.41, 5.74) is 16.3. The van der Waals surface area contributed by atoms with Gasteiger partial charge in [-0.05, 0) is 146 Å². The van der Waals surface area contributed by atoms with Gasteiger partial charge in [0.05, 0.1) is 22.3 Å². The first-order valence-corrected chi connectivity index (χ1v) is 22.5. The maximum absolute atomic E-state index is 12.3. The molecule has 0 fully saturated rings. The van der Waals surface area contributed by atoms with Crippen LogP contribution in [0.2, 0.25) is 0 Å². The van der Waals surface area contributed by atoms with Crippen LogP contribution < -0.4 is 0 Å². The number of aromatic nitrogens is 3. The number of hydrogen-bond acceptors (Lipinski definition) is 3. The number of nitrogens with zero attached hydrogens (tertiary/aromatic N) is 3. The van der Waals surface area contributed by atoms with E-state index >= 15 is 0 Å². The van der Waals surface area contributed by atoms with E-state index in [1.165, 1.54) is 5.56 Å². The van der Waals surface area contributed by atoms with E-state index in [-0.39, 0.29) is 5.75 Å². The number of para-hydroxylation sites is 1. The minimum absolute atomic E-state index is 0.0560. The lowest BCUT2D eigenvalue weighted by atomic mass is 9.85. The molecule has 9 aromatic rings. The van der Waals surface area contributed by atoms with Crippen LogP contribution in [-0.4, -0.2) is 19.6 Å². The Bertz CT molecular complexity index is 3330. The summed E-state index contributed by atoms with van der Waals surface area (Å²) < 4.78 is 38.6. The first-order chi connectivity index (χ1) is 32.6. The largest absolute Gasteiger partial charge is 0.507 e. The molecular weight excluding hydrogens is 791 g/mol. The smallest absolute Gasteiger partial charge is 0.149 e. The molecule has 9 rings (SSSR count). The summed E-state index contributed by atoms with van der Waals surface area (Å²) in [6.45, 7) is 16.7. The van der Waals surface area contributed by atoms with Gasteiger partial charge in [-0.2, -0.15) is 0 Å². The Morgan fingerprint density at radius 3 is 1.77 bits per heavy atom. The van der Waals surface area contributed by atoms with Crippen molar-refractivity contribution >= 4 is 11.0 Å². The lowest BCUT2D eigenvalue weighted by molar-refractivity contribution is 0.466. The van der Waals surface area contributed by atoms with Crippen molar-refractivity contribution in [2.75, 3.05) is 0 Å². The molecule has 0 unspecified atom stereocenters. The van der Waals surface area contributed by atoms with Crippen LogP contribution in [0.1, 0.15) is 112 Å². The highest BCUT2D eigenvalue weighted by atomic mass is 16.3. The average Bonchev–Trinajstić information content (AvgIpc) is 3.70. The SMILES string of the molecule is [2H]C(C)(C)c1cc(-c2nc3c(-c4cc(-c5ccccc5)cc(-c5cc(-c6ccc(C)cc6)ccn5)c4)cccc3n2-c2ccc(-c3c(C([2H])(C)C)cccc3C([2H])(C)C)cc2)c(O)c(C([2H])(C)C)c1. The van der Waals surface area contributed by atoms with Gasteiger partial charge in [-0.15, -0.1) is 0 Å². The van der Waals surface area contributed by atoms with Crippen LogP contribution in [0.4, 0.5) is 0 Å². The molecule has 0 saturated heterocycles. The summed E-state index contributed by atoms with van der Waals surface area (Å²) in [7, 11) is 0. The van der Waals surface area contributed by atoms with Gasteiger partial charge in [0.25, 0.3) is 0 Å². The molecule has 324 valence electrons. The van der Waals surface area contributed by atoms with Gasteiger partial charge in [0.15, 0.2) is 0 Å². The molecular formula is C61H59N3O. The maximum atomic E-state index is 12.3. The highest BCUT2D eigenvalue weighted by molar-refractivity contribution is 5.98. The van der Waals surface area contributed by atoms with Gasteiger partial charge in [0.2, 0.25) is 0 Å². The Hall–Kier alpha value is -7.04. The van der Waals surface area contributed by atoms with Crippen molar-refractivity contribution in [2.24, 2.45) is 0 Å². The molecule has 0 amide bonds. The van der Waals surface area contributed by atoms with E-state index in [9.17, 15) is 5.11 Å². The lowest BCUT2D eigenvalue weighted by Crippen LogP contribution is -2.02. The van der Waals surface area contributed by atoms with Crippen LogP contribution in [0.25, 0.3) is 83.9 Å². The minimum atomic E-state index is -1.19. The first-order valence-electron chi connectivity index (χ1n) is 24.5. The number of benzene rings is 7. The molecule has 65 heavy (non-hydrogen) atoms. The molecule has 2 heterocycles. The van der Waals surface area contributed by atoms with Gasteiger partial charge >= 0.3 is 0 Å². The van der Waals surface area contributed by atoms with E-state index in [0.29, 0.717) is 28.0 Å². The predicted molar refractivity (Wildman–Crippen MR) is 274 cm³/mol. The van der Waals surface area contributed by atoms with Crippen LogP contribution in [0, 0.1) is 6.92 Å². The van der Waals surface area contributed by atoms with Gasteiger partial charge in [0, 0.05) is 28.5 Å². The zero-order valence-electron chi connectivity index (χ0n) is 42.9. The number of rotatable bonds is 11. The molecule has 0 aliphatic heterocycles. The van der Waals surface area contributed by atoms with Crippen molar-refractivity contribution in [3.8, 4) is 78.6 Å². The molecule has 7 aromatic carbocycles. The van der Waals surface area contributed by atoms with Gasteiger partial charge in [-0.3, -0.25) is 9.55 Å². The van der Waals surface area contributed by atoms with Crippen molar-refractivity contribution in [2.45, 2.75) is 85.9 Å². The molecule has 0 saturated carbocycles. The molecule has 4 nitrogen and oxygen atoms in total.